The Morgan fingerprint density at radius 1 is 1.38 bits per heavy atom. The smallest absolute Gasteiger partial charge is 0.369 e. The first-order valence-electron chi connectivity index (χ1n) is 3.06. The third-order valence-corrected chi connectivity index (χ3v) is 1.03. The lowest BCUT2D eigenvalue weighted by Gasteiger charge is -2.05. The predicted molar refractivity (Wildman–Crippen MR) is 33.5 cm³/mol. The van der Waals surface area contributed by atoms with Crippen molar-refractivity contribution in [2.75, 3.05) is 0 Å². The summed E-state index contributed by atoms with van der Waals surface area (Å²) in [5.74, 6) is -1.50. The maximum absolute atomic E-state index is 11.5. The van der Waals surface area contributed by atoms with Crippen molar-refractivity contribution < 1.29 is 22.7 Å². The van der Waals surface area contributed by atoms with E-state index in [2.05, 4.69) is 14.9 Å². The van der Waals surface area contributed by atoms with Gasteiger partial charge in [-0.2, -0.15) is 10.2 Å². The molecule has 0 N–H and O–H groups in total. The Kier molecular flexibility index (Phi) is 2.45. The minimum absolute atomic E-state index is 0.299. The Bertz CT molecular complexity index is 298. The Hall–Kier alpha value is -1.66. The molecule has 70 valence electrons. The molecular weight excluding hydrogens is 189 g/mol. The fourth-order valence-electron chi connectivity index (χ4n) is 0.575. The second-order valence-corrected chi connectivity index (χ2v) is 1.97. The summed E-state index contributed by atoms with van der Waals surface area (Å²) in [5, 5.41) is 6.50. The molecule has 0 atom stereocenters. The number of aromatic nitrogens is 2. The van der Waals surface area contributed by atoms with Gasteiger partial charge < -0.3 is 4.74 Å². The van der Waals surface area contributed by atoms with Crippen LogP contribution in [0.5, 0.6) is 0 Å². The highest BCUT2D eigenvalue weighted by atomic mass is 19.4. The van der Waals surface area contributed by atoms with Gasteiger partial charge in [-0.3, -0.25) is 0 Å². The molecule has 0 bridgehead atoms. The lowest BCUT2D eigenvalue weighted by molar-refractivity contribution is -0.291. The van der Waals surface area contributed by atoms with E-state index >= 15 is 0 Å². The summed E-state index contributed by atoms with van der Waals surface area (Å²) in [6.45, 7) is 0. The summed E-state index contributed by atoms with van der Waals surface area (Å²) in [7, 11) is 0. The van der Waals surface area contributed by atoms with Crippen molar-refractivity contribution in [3.05, 3.63) is 24.0 Å². The molecule has 7 heteroatoms. The number of carbonyl (C=O) groups excluding carboxylic acids is 1. The van der Waals surface area contributed by atoms with Crippen molar-refractivity contribution in [1.82, 2.24) is 10.2 Å². The van der Waals surface area contributed by atoms with Crippen molar-refractivity contribution in [3.63, 3.8) is 0 Å². The van der Waals surface area contributed by atoms with Gasteiger partial charge in [0.15, 0.2) is 0 Å². The number of carbonyl (C=O) groups is 1. The monoisotopic (exact) mass is 192 g/mol. The number of nitrogens with zero attached hydrogens (tertiary/aromatic N) is 2. The molecule has 0 saturated heterocycles. The van der Waals surface area contributed by atoms with Gasteiger partial charge in [-0.25, -0.2) is 4.79 Å². The summed E-state index contributed by atoms with van der Waals surface area (Å²) in [6.07, 6.45) is -3.00. The van der Waals surface area contributed by atoms with E-state index in [0.29, 0.717) is 0 Å². The van der Waals surface area contributed by atoms with Gasteiger partial charge in [0.1, 0.15) is 0 Å². The molecule has 1 heterocycles. The van der Waals surface area contributed by atoms with Gasteiger partial charge in [0.25, 0.3) is 0 Å². The summed E-state index contributed by atoms with van der Waals surface area (Å²) < 4.78 is 37.7. The van der Waals surface area contributed by atoms with Gasteiger partial charge in [0.2, 0.25) is 0 Å². The van der Waals surface area contributed by atoms with Gasteiger partial charge in [0, 0.05) is 0 Å². The highest BCUT2D eigenvalue weighted by molar-refractivity contribution is 5.88. The predicted octanol–water partition coefficient (Wildman–Crippen LogP) is 1.15. The van der Waals surface area contributed by atoms with Crippen LogP contribution in [0.15, 0.2) is 18.5 Å². The number of alkyl halides is 3. The van der Waals surface area contributed by atoms with E-state index in [-0.39, 0.29) is 5.56 Å². The number of hydrogen-bond donors (Lipinski definition) is 0. The molecule has 0 saturated carbocycles. The van der Waals surface area contributed by atoms with Crippen LogP contribution in [0.1, 0.15) is 10.4 Å². The van der Waals surface area contributed by atoms with Crippen LogP contribution in [-0.4, -0.2) is 22.5 Å². The second kappa shape index (κ2) is 3.38. The topological polar surface area (TPSA) is 52.1 Å². The average Bonchev–Trinajstić information content (AvgIpc) is 2.03. The third kappa shape index (κ3) is 3.06. The van der Waals surface area contributed by atoms with Crippen LogP contribution in [0.25, 0.3) is 0 Å². The van der Waals surface area contributed by atoms with Crippen LogP contribution in [0.3, 0.4) is 0 Å². The van der Waals surface area contributed by atoms with Crippen LogP contribution in [-0.2, 0) is 4.74 Å². The van der Waals surface area contributed by atoms with E-state index in [1.807, 2.05) is 0 Å². The number of esters is 1. The van der Waals surface area contributed by atoms with E-state index in [0.717, 1.165) is 18.5 Å². The average molecular weight is 192 g/mol. The van der Waals surface area contributed by atoms with Gasteiger partial charge >= 0.3 is 12.3 Å². The van der Waals surface area contributed by atoms with Crippen molar-refractivity contribution in [2.24, 2.45) is 0 Å². The zero-order valence-corrected chi connectivity index (χ0v) is 6.08. The van der Waals surface area contributed by atoms with E-state index in [9.17, 15) is 18.0 Å². The minimum Gasteiger partial charge on any atom is -0.369 e. The van der Waals surface area contributed by atoms with Gasteiger partial charge in [-0.05, 0) is 6.07 Å². The van der Waals surface area contributed by atoms with Crippen molar-refractivity contribution in [2.45, 2.75) is 6.36 Å². The van der Waals surface area contributed by atoms with Crippen molar-refractivity contribution in [3.8, 4) is 0 Å². The standard InChI is InChI=1S/C6H3F3N2O2/c7-6(8,9)13-5(12)4-1-2-10-11-3-4/h1-3H. The zero-order chi connectivity index (χ0) is 9.90. The minimum atomic E-state index is -4.97. The molecule has 0 fully saturated rings. The summed E-state index contributed by atoms with van der Waals surface area (Å²) in [6, 6.07) is 1.07. The summed E-state index contributed by atoms with van der Waals surface area (Å²) in [5.41, 5.74) is -0.299. The maximum Gasteiger partial charge on any atom is 0.575 e. The first kappa shape index (κ1) is 9.43. The molecular formula is C6H3F3N2O2. The molecule has 0 aliphatic heterocycles. The number of ether oxygens (including phenoxy) is 1. The highest BCUT2D eigenvalue weighted by Gasteiger charge is 2.34. The van der Waals surface area contributed by atoms with E-state index < -0.39 is 12.3 Å². The fourth-order valence-corrected chi connectivity index (χ4v) is 0.575. The van der Waals surface area contributed by atoms with Crippen LogP contribution >= 0.6 is 0 Å². The van der Waals surface area contributed by atoms with Gasteiger partial charge in [-0.15, -0.1) is 13.2 Å². The Balaban J connectivity index is 2.71. The fraction of sp³-hybridized carbons (Fsp3) is 0.167. The molecule has 0 spiro atoms. The molecule has 4 nitrogen and oxygen atoms in total. The summed E-state index contributed by atoms with van der Waals surface area (Å²) >= 11 is 0. The molecule has 1 aromatic heterocycles. The van der Waals surface area contributed by atoms with Crippen LogP contribution in [0.2, 0.25) is 0 Å². The number of halogens is 3. The molecule has 0 aliphatic rings. The molecule has 13 heavy (non-hydrogen) atoms. The third-order valence-electron chi connectivity index (χ3n) is 1.03. The van der Waals surface area contributed by atoms with Crippen LogP contribution in [0.4, 0.5) is 13.2 Å². The number of hydrogen-bond acceptors (Lipinski definition) is 4. The largest absolute Gasteiger partial charge is 0.575 e. The molecule has 0 radical (unpaired) electrons. The second-order valence-electron chi connectivity index (χ2n) is 1.97. The lowest BCUT2D eigenvalue weighted by Crippen LogP contribution is -2.19. The molecule has 0 unspecified atom stereocenters. The SMILES string of the molecule is O=C(OC(F)(F)F)c1ccnnc1. The normalized spacial score (nSPS) is 11.0. The first-order valence-corrected chi connectivity index (χ1v) is 3.06. The van der Waals surface area contributed by atoms with Gasteiger partial charge in [0.05, 0.1) is 18.0 Å². The van der Waals surface area contributed by atoms with E-state index in [4.69, 9.17) is 0 Å². The Morgan fingerprint density at radius 3 is 2.54 bits per heavy atom. The zero-order valence-electron chi connectivity index (χ0n) is 6.08. The maximum atomic E-state index is 11.5. The molecule has 0 aromatic carbocycles. The Labute approximate surface area is 70.3 Å². The quantitative estimate of drug-likeness (QED) is 0.626. The van der Waals surface area contributed by atoms with Crippen LogP contribution < -0.4 is 0 Å². The van der Waals surface area contributed by atoms with Crippen LogP contribution in [0, 0.1) is 0 Å². The first-order chi connectivity index (χ1) is 5.99. The molecule has 1 rings (SSSR count). The van der Waals surface area contributed by atoms with E-state index in [1.54, 1.807) is 0 Å². The van der Waals surface area contributed by atoms with E-state index in [1.165, 1.54) is 0 Å². The van der Waals surface area contributed by atoms with Gasteiger partial charge in [-0.1, -0.05) is 0 Å². The van der Waals surface area contributed by atoms with Crippen molar-refractivity contribution >= 4 is 5.97 Å². The molecule has 1 aromatic rings. The Morgan fingerprint density at radius 2 is 2.08 bits per heavy atom. The highest BCUT2D eigenvalue weighted by Crippen LogP contribution is 2.18. The molecule has 0 amide bonds. The summed E-state index contributed by atoms with van der Waals surface area (Å²) in [4.78, 5) is 10.7. The number of rotatable bonds is 1. The van der Waals surface area contributed by atoms with Crippen molar-refractivity contribution in [1.29, 1.82) is 0 Å². The molecule has 0 aliphatic carbocycles. The lowest BCUT2D eigenvalue weighted by atomic mass is 10.3.